The number of hydrogen-bond acceptors (Lipinski definition) is 5. The Morgan fingerprint density at radius 1 is 1.07 bits per heavy atom. The van der Waals surface area contributed by atoms with Gasteiger partial charge in [0.05, 0.1) is 6.04 Å². The van der Waals surface area contributed by atoms with E-state index in [4.69, 9.17) is 19.9 Å². The Balaban J connectivity index is 0.00000240. The SMILES string of the molecule is Cl.N[C@@H](Cc1ccccc1)C(=O)NCC1(c2ccc3c(c2)OCO3)CCOCC1. The Morgan fingerprint density at radius 3 is 2.55 bits per heavy atom. The van der Waals surface area contributed by atoms with Gasteiger partial charge >= 0.3 is 0 Å². The zero-order chi connectivity index (χ0) is 19.4. The summed E-state index contributed by atoms with van der Waals surface area (Å²) in [5.41, 5.74) is 8.15. The predicted molar refractivity (Wildman–Crippen MR) is 113 cm³/mol. The monoisotopic (exact) mass is 418 g/mol. The number of hydrogen-bond donors (Lipinski definition) is 2. The lowest BCUT2D eigenvalue weighted by molar-refractivity contribution is -0.122. The summed E-state index contributed by atoms with van der Waals surface area (Å²) in [5, 5.41) is 3.09. The third-order valence-electron chi connectivity index (χ3n) is 5.67. The standard InChI is InChI=1S/C22H26N2O4.ClH/c23-18(12-16-4-2-1-3-5-16)21(25)24-14-22(8-10-26-11-9-22)17-6-7-19-20(13-17)28-15-27-19;/h1-7,13,18H,8-12,14-15,23H2,(H,24,25);1H/t18-;/m0./s1. The van der Waals surface area contributed by atoms with Gasteiger partial charge in [-0.25, -0.2) is 0 Å². The van der Waals surface area contributed by atoms with E-state index in [9.17, 15) is 4.79 Å². The molecule has 1 saturated heterocycles. The fourth-order valence-electron chi connectivity index (χ4n) is 3.90. The number of nitrogens with two attached hydrogens (primary N) is 1. The Labute approximate surface area is 177 Å². The molecule has 29 heavy (non-hydrogen) atoms. The van der Waals surface area contributed by atoms with E-state index in [0.29, 0.717) is 26.2 Å². The Bertz CT molecular complexity index is 825. The molecule has 3 N–H and O–H groups in total. The van der Waals surface area contributed by atoms with Crippen LogP contribution in [-0.4, -0.2) is 38.5 Å². The van der Waals surface area contributed by atoms with Crippen LogP contribution in [0.25, 0.3) is 0 Å². The van der Waals surface area contributed by atoms with Gasteiger partial charge in [-0.15, -0.1) is 12.4 Å². The van der Waals surface area contributed by atoms with E-state index in [-0.39, 0.29) is 30.5 Å². The maximum Gasteiger partial charge on any atom is 0.237 e. The number of amides is 1. The van der Waals surface area contributed by atoms with Crippen LogP contribution in [0, 0.1) is 0 Å². The summed E-state index contributed by atoms with van der Waals surface area (Å²) in [6, 6.07) is 15.3. The van der Waals surface area contributed by atoms with Crippen LogP contribution in [0.15, 0.2) is 48.5 Å². The van der Waals surface area contributed by atoms with E-state index in [1.165, 1.54) is 0 Å². The van der Waals surface area contributed by atoms with Crippen molar-refractivity contribution in [3.8, 4) is 11.5 Å². The quantitative estimate of drug-likeness (QED) is 0.753. The molecule has 2 aliphatic heterocycles. The second-order valence-electron chi connectivity index (χ2n) is 7.47. The van der Waals surface area contributed by atoms with Crippen molar-refractivity contribution in [1.82, 2.24) is 5.32 Å². The molecule has 2 aromatic rings. The lowest BCUT2D eigenvalue weighted by Crippen LogP contribution is -2.49. The second kappa shape index (κ2) is 9.48. The molecule has 0 saturated carbocycles. The molecule has 4 rings (SSSR count). The highest BCUT2D eigenvalue weighted by molar-refractivity contribution is 5.85. The van der Waals surface area contributed by atoms with Crippen LogP contribution in [0.2, 0.25) is 0 Å². The lowest BCUT2D eigenvalue weighted by Gasteiger charge is -2.38. The Hall–Kier alpha value is -2.28. The first kappa shape index (κ1) is 21.4. The number of rotatable bonds is 6. The number of carbonyl (C=O) groups is 1. The van der Waals surface area contributed by atoms with Crippen LogP contribution in [-0.2, 0) is 21.4 Å². The molecule has 2 heterocycles. The predicted octanol–water partition coefficient (Wildman–Crippen LogP) is 2.57. The van der Waals surface area contributed by atoms with Gasteiger partial charge in [-0.2, -0.15) is 0 Å². The van der Waals surface area contributed by atoms with Crippen molar-refractivity contribution in [2.24, 2.45) is 5.73 Å². The maximum atomic E-state index is 12.6. The van der Waals surface area contributed by atoms with E-state index >= 15 is 0 Å². The first-order valence-corrected chi connectivity index (χ1v) is 9.71. The van der Waals surface area contributed by atoms with E-state index in [2.05, 4.69) is 11.4 Å². The summed E-state index contributed by atoms with van der Waals surface area (Å²) >= 11 is 0. The van der Waals surface area contributed by atoms with E-state index in [1.807, 2.05) is 42.5 Å². The van der Waals surface area contributed by atoms with Crippen molar-refractivity contribution >= 4 is 18.3 Å². The zero-order valence-corrected chi connectivity index (χ0v) is 17.1. The van der Waals surface area contributed by atoms with Crippen LogP contribution >= 0.6 is 12.4 Å². The van der Waals surface area contributed by atoms with E-state index in [1.54, 1.807) is 0 Å². The summed E-state index contributed by atoms with van der Waals surface area (Å²) in [6.07, 6.45) is 2.19. The molecule has 1 fully saturated rings. The van der Waals surface area contributed by atoms with Gasteiger partial charge in [-0.1, -0.05) is 36.4 Å². The largest absolute Gasteiger partial charge is 0.454 e. The summed E-state index contributed by atoms with van der Waals surface area (Å²) in [4.78, 5) is 12.6. The van der Waals surface area contributed by atoms with Gasteiger partial charge in [-0.3, -0.25) is 4.79 Å². The molecule has 0 aromatic heterocycles. The highest BCUT2D eigenvalue weighted by Crippen LogP contribution is 2.40. The molecule has 7 heteroatoms. The Kier molecular flexibility index (Phi) is 7.00. The molecule has 6 nitrogen and oxygen atoms in total. The van der Waals surface area contributed by atoms with Crippen molar-refractivity contribution in [3.05, 3.63) is 59.7 Å². The van der Waals surface area contributed by atoms with E-state index in [0.717, 1.165) is 35.5 Å². The van der Waals surface area contributed by atoms with Crippen molar-refractivity contribution in [3.63, 3.8) is 0 Å². The van der Waals surface area contributed by atoms with Crippen molar-refractivity contribution in [2.45, 2.75) is 30.7 Å². The number of benzene rings is 2. The molecule has 0 radical (unpaired) electrons. The minimum atomic E-state index is -0.573. The number of fused-ring (bicyclic) bond motifs is 1. The fraction of sp³-hybridized carbons (Fsp3) is 0.409. The van der Waals surface area contributed by atoms with Crippen LogP contribution in [0.4, 0.5) is 0 Å². The molecule has 0 bridgehead atoms. The average Bonchev–Trinajstić information content (AvgIpc) is 3.21. The molecule has 2 aliphatic rings. The fourth-order valence-corrected chi connectivity index (χ4v) is 3.90. The first-order chi connectivity index (χ1) is 13.7. The van der Waals surface area contributed by atoms with E-state index < -0.39 is 6.04 Å². The molecule has 0 aliphatic carbocycles. The molecule has 1 atom stereocenters. The third-order valence-corrected chi connectivity index (χ3v) is 5.67. The van der Waals surface area contributed by atoms with Gasteiger partial charge < -0.3 is 25.3 Å². The highest BCUT2D eigenvalue weighted by Gasteiger charge is 2.36. The van der Waals surface area contributed by atoms with Gasteiger partial charge in [0.2, 0.25) is 12.7 Å². The minimum Gasteiger partial charge on any atom is -0.454 e. The average molecular weight is 419 g/mol. The first-order valence-electron chi connectivity index (χ1n) is 9.71. The molecule has 0 unspecified atom stereocenters. The van der Waals surface area contributed by atoms with Gasteiger partial charge in [-0.05, 0) is 42.5 Å². The normalized spacial score (nSPS) is 17.8. The summed E-state index contributed by atoms with van der Waals surface area (Å²) < 4.78 is 16.5. The van der Waals surface area contributed by atoms with Crippen LogP contribution in [0.3, 0.4) is 0 Å². The summed E-state index contributed by atoms with van der Waals surface area (Å²) in [5.74, 6) is 1.39. The minimum absolute atomic E-state index is 0. The van der Waals surface area contributed by atoms with Crippen molar-refractivity contribution in [1.29, 1.82) is 0 Å². The lowest BCUT2D eigenvalue weighted by atomic mass is 9.74. The number of nitrogens with one attached hydrogen (secondary N) is 1. The molecular formula is C22H27ClN2O4. The van der Waals surface area contributed by atoms with Gasteiger partial charge in [0.1, 0.15) is 0 Å². The molecule has 2 aromatic carbocycles. The second-order valence-corrected chi connectivity index (χ2v) is 7.47. The van der Waals surface area contributed by atoms with Crippen LogP contribution in [0.5, 0.6) is 11.5 Å². The summed E-state index contributed by atoms with van der Waals surface area (Å²) in [6.45, 7) is 2.11. The molecular weight excluding hydrogens is 392 g/mol. The Morgan fingerprint density at radius 2 is 1.79 bits per heavy atom. The van der Waals surface area contributed by atoms with Gasteiger partial charge in [0.15, 0.2) is 11.5 Å². The summed E-state index contributed by atoms with van der Waals surface area (Å²) in [7, 11) is 0. The number of halogens is 1. The molecule has 156 valence electrons. The molecule has 0 spiro atoms. The van der Waals surface area contributed by atoms with Crippen LogP contribution in [0.1, 0.15) is 24.0 Å². The van der Waals surface area contributed by atoms with Gasteiger partial charge in [0, 0.05) is 25.2 Å². The van der Waals surface area contributed by atoms with Crippen molar-refractivity contribution < 1.29 is 19.0 Å². The third kappa shape index (κ3) is 4.83. The number of carbonyl (C=O) groups excluding carboxylic acids is 1. The van der Waals surface area contributed by atoms with Crippen molar-refractivity contribution in [2.75, 3.05) is 26.6 Å². The zero-order valence-electron chi connectivity index (χ0n) is 16.3. The highest BCUT2D eigenvalue weighted by atomic mass is 35.5. The number of ether oxygens (including phenoxy) is 3. The smallest absolute Gasteiger partial charge is 0.237 e. The topological polar surface area (TPSA) is 82.8 Å². The van der Waals surface area contributed by atoms with Crippen LogP contribution < -0.4 is 20.5 Å². The van der Waals surface area contributed by atoms with Gasteiger partial charge in [0.25, 0.3) is 0 Å². The molecule has 1 amide bonds. The maximum absolute atomic E-state index is 12.6.